The highest BCUT2D eigenvalue weighted by Gasteiger charge is 2.09. The lowest BCUT2D eigenvalue weighted by Crippen LogP contribution is -2.26. The molecule has 1 N–H and O–H groups in total. The van der Waals surface area contributed by atoms with Gasteiger partial charge in [-0.1, -0.05) is 6.92 Å². The molecule has 0 unspecified atom stereocenters. The molecule has 1 aromatic heterocycles. The summed E-state index contributed by atoms with van der Waals surface area (Å²) in [7, 11) is 0. The predicted molar refractivity (Wildman–Crippen MR) is 78.5 cm³/mol. The van der Waals surface area contributed by atoms with Gasteiger partial charge in [-0.05, 0) is 26.8 Å². The Morgan fingerprint density at radius 2 is 2.22 bits per heavy atom. The molecule has 0 aromatic carbocycles. The number of hydrogen-bond donors (Lipinski definition) is 1. The van der Waals surface area contributed by atoms with Crippen LogP contribution in [0.1, 0.15) is 32.1 Å². The molecule has 0 aliphatic rings. The third-order valence-electron chi connectivity index (χ3n) is 2.63. The van der Waals surface area contributed by atoms with Crippen molar-refractivity contribution in [3.63, 3.8) is 0 Å². The number of nitrogens with zero attached hydrogens (tertiary/aromatic N) is 2. The maximum atomic E-state index is 5.40. The Labute approximate surface area is 114 Å². The van der Waals surface area contributed by atoms with Gasteiger partial charge >= 0.3 is 0 Å². The van der Waals surface area contributed by atoms with E-state index in [0.717, 1.165) is 44.5 Å². The molecule has 0 radical (unpaired) electrons. The fourth-order valence-corrected chi connectivity index (χ4v) is 2.59. The van der Waals surface area contributed by atoms with Crippen molar-refractivity contribution in [1.29, 1.82) is 0 Å². The molecule has 18 heavy (non-hydrogen) atoms. The van der Waals surface area contributed by atoms with Crippen molar-refractivity contribution in [2.45, 2.75) is 33.7 Å². The molecule has 5 heteroatoms. The van der Waals surface area contributed by atoms with E-state index in [1.54, 1.807) is 11.3 Å². The molecule has 0 fully saturated rings. The summed E-state index contributed by atoms with van der Waals surface area (Å²) in [5.74, 6) is 0. The Kier molecular flexibility index (Phi) is 7.96. The number of nitrogens with one attached hydrogen (secondary N) is 1. The molecule has 0 atom stereocenters. The van der Waals surface area contributed by atoms with E-state index >= 15 is 0 Å². The van der Waals surface area contributed by atoms with Gasteiger partial charge in [-0.3, -0.25) is 0 Å². The number of hydrogen-bond acceptors (Lipinski definition) is 5. The van der Waals surface area contributed by atoms with Gasteiger partial charge in [0.2, 0.25) is 0 Å². The van der Waals surface area contributed by atoms with E-state index < -0.39 is 0 Å². The highest BCUT2D eigenvalue weighted by atomic mass is 32.1. The van der Waals surface area contributed by atoms with E-state index in [9.17, 15) is 0 Å². The van der Waals surface area contributed by atoms with Crippen LogP contribution in [-0.4, -0.2) is 37.8 Å². The summed E-state index contributed by atoms with van der Waals surface area (Å²) in [6.07, 6.45) is 3.15. The van der Waals surface area contributed by atoms with Crippen LogP contribution in [0.25, 0.3) is 0 Å². The standard InChI is InChI=1S/C13H25N3OS/c1-4-7-14-10-12-11-15-13(18-12)16(5-2)8-9-17-6-3/h11,14H,4-10H2,1-3H3. The van der Waals surface area contributed by atoms with Crippen molar-refractivity contribution in [3.05, 3.63) is 11.1 Å². The Balaban J connectivity index is 2.42. The molecular formula is C13H25N3OS. The van der Waals surface area contributed by atoms with Crippen molar-refractivity contribution in [3.8, 4) is 0 Å². The first-order valence-electron chi connectivity index (χ1n) is 6.79. The quantitative estimate of drug-likeness (QED) is 0.664. The predicted octanol–water partition coefficient (Wildman–Crippen LogP) is 2.51. The van der Waals surface area contributed by atoms with Crippen LogP contribution in [0.2, 0.25) is 0 Å². The highest BCUT2D eigenvalue weighted by Crippen LogP contribution is 2.22. The van der Waals surface area contributed by atoms with Crippen LogP contribution in [0.3, 0.4) is 0 Å². The third-order valence-corrected chi connectivity index (χ3v) is 3.69. The van der Waals surface area contributed by atoms with Gasteiger partial charge in [0.1, 0.15) is 0 Å². The minimum atomic E-state index is 0.771. The minimum absolute atomic E-state index is 0.771. The lowest BCUT2D eigenvalue weighted by Gasteiger charge is -2.19. The summed E-state index contributed by atoms with van der Waals surface area (Å²) in [5, 5.41) is 4.50. The van der Waals surface area contributed by atoms with Crippen LogP contribution in [0.15, 0.2) is 6.20 Å². The molecule has 0 bridgehead atoms. The van der Waals surface area contributed by atoms with Crippen LogP contribution < -0.4 is 10.2 Å². The van der Waals surface area contributed by atoms with Gasteiger partial charge in [0.05, 0.1) is 6.61 Å². The molecule has 4 nitrogen and oxygen atoms in total. The van der Waals surface area contributed by atoms with Gasteiger partial charge in [-0.25, -0.2) is 4.98 Å². The smallest absolute Gasteiger partial charge is 0.185 e. The molecule has 0 spiro atoms. The fraction of sp³-hybridized carbons (Fsp3) is 0.769. The number of ether oxygens (including phenoxy) is 1. The Hall–Kier alpha value is -0.650. The number of thiazole rings is 1. The summed E-state index contributed by atoms with van der Waals surface area (Å²) in [6, 6.07) is 0. The summed E-state index contributed by atoms with van der Waals surface area (Å²) < 4.78 is 5.40. The van der Waals surface area contributed by atoms with Crippen molar-refractivity contribution in [2.24, 2.45) is 0 Å². The second kappa shape index (κ2) is 9.30. The summed E-state index contributed by atoms with van der Waals surface area (Å²) in [5.41, 5.74) is 0. The largest absolute Gasteiger partial charge is 0.380 e. The number of anilines is 1. The van der Waals surface area contributed by atoms with Crippen LogP contribution in [0.4, 0.5) is 5.13 Å². The average Bonchev–Trinajstić information content (AvgIpc) is 2.84. The van der Waals surface area contributed by atoms with Gasteiger partial charge < -0.3 is 15.0 Å². The van der Waals surface area contributed by atoms with Gasteiger partial charge in [0.15, 0.2) is 5.13 Å². The van der Waals surface area contributed by atoms with E-state index in [-0.39, 0.29) is 0 Å². The Morgan fingerprint density at radius 3 is 2.89 bits per heavy atom. The fourth-order valence-electron chi connectivity index (χ4n) is 1.62. The third kappa shape index (κ3) is 5.33. The number of rotatable bonds is 10. The molecule has 0 saturated carbocycles. The lowest BCUT2D eigenvalue weighted by atomic mass is 10.4. The van der Waals surface area contributed by atoms with Crippen molar-refractivity contribution in [2.75, 3.05) is 37.7 Å². The van der Waals surface area contributed by atoms with E-state index in [2.05, 4.69) is 29.0 Å². The molecule has 0 amide bonds. The molecule has 0 aliphatic carbocycles. The van der Waals surface area contributed by atoms with Gasteiger partial charge in [-0.15, -0.1) is 11.3 Å². The molecule has 0 saturated heterocycles. The van der Waals surface area contributed by atoms with Gasteiger partial charge in [0, 0.05) is 37.3 Å². The van der Waals surface area contributed by atoms with E-state index in [0.29, 0.717) is 0 Å². The number of aromatic nitrogens is 1. The second-order valence-electron chi connectivity index (χ2n) is 4.06. The SMILES string of the molecule is CCCNCc1cnc(N(CC)CCOCC)s1. The monoisotopic (exact) mass is 271 g/mol. The summed E-state index contributed by atoms with van der Waals surface area (Å²) in [4.78, 5) is 8.06. The van der Waals surface area contributed by atoms with Gasteiger partial charge in [0.25, 0.3) is 0 Å². The molecule has 1 aromatic rings. The highest BCUT2D eigenvalue weighted by molar-refractivity contribution is 7.15. The Morgan fingerprint density at radius 1 is 1.39 bits per heavy atom. The van der Waals surface area contributed by atoms with Crippen LogP contribution in [0, 0.1) is 0 Å². The molecule has 1 rings (SSSR count). The van der Waals surface area contributed by atoms with Crippen LogP contribution in [0.5, 0.6) is 0 Å². The van der Waals surface area contributed by atoms with Crippen LogP contribution in [-0.2, 0) is 11.3 Å². The van der Waals surface area contributed by atoms with E-state index in [4.69, 9.17) is 4.74 Å². The van der Waals surface area contributed by atoms with Crippen LogP contribution >= 0.6 is 11.3 Å². The molecule has 1 heterocycles. The zero-order chi connectivity index (χ0) is 13.2. The maximum Gasteiger partial charge on any atom is 0.185 e. The number of likely N-dealkylation sites (N-methyl/N-ethyl adjacent to an activating group) is 1. The summed E-state index contributed by atoms with van der Waals surface area (Å²) >= 11 is 1.77. The van der Waals surface area contributed by atoms with E-state index in [1.807, 2.05) is 13.1 Å². The normalized spacial score (nSPS) is 10.8. The lowest BCUT2D eigenvalue weighted by molar-refractivity contribution is 0.154. The zero-order valence-corrected chi connectivity index (χ0v) is 12.6. The van der Waals surface area contributed by atoms with Crippen molar-refractivity contribution < 1.29 is 4.74 Å². The second-order valence-corrected chi connectivity index (χ2v) is 5.16. The molecule has 0 aliphatic heterocycles. The first kappa shape index (κ1) is 15.4. The molecule has 104 valence electrons. The average molecular weight is 271 g/mol. The van der Waals surface area contributed by atoms with E-state index in [1.165, 1.54) is 11.3 Å². The molecular weight excluding hydrogens is 246 g/mol. The summed E-state index contributed by atoms with van der Waals surface area (Å²) in [6.45, 7) is 11.8. The van der Waals surface area contributed by atoms with Crippen molar-refractivity contribution in [1.82, 2.24) is 10.3 Å². The minimum Gasteiger partial charge on any atom is -0.380 e. The first-order valence-corrected chi connectivity index (χ1v) is 7.61. The zero-order valence-electron chi connectivity index (χ0n) is 11.7. The van der Waals surface area contributed by atoms with Gasteiger partial charge in [-0.2, -0.15) is 0 Å². The first-order chi connectivity index (χ1) is 8.81. The topological polar surface area (TPSA) is 37.4 Å². The van der Waals surface area contributed by atoms with Crippen molar-refractivity contribution >= 4 is 16.5 Å². The Bertz CT molecular complexity index is 317. The maximum absolute atomic E-state index is 5.40.